The standard InChI is InChI=1S/C11H10BrNO3/c12-8-2-1-7(6-14)10(3-8)13-5-9(15)4-11(13)16/h1-3,14H,4-6H2. The van der Waals surface area contributed by atoms with Crippen molar-refractivity contribution < 1.29 is 14.7 Å². The molecule has 84 valence electrons. The highest BCUT2D eigenvalue weighted by molar-refractivity contribution is 9.10. The van der Waals surface area contributed by atoms with Gasteiger partial charge < -0.3 is 10.0 Å². The monoisotopic (exact) mass is 283 g/mol. The number of rotatable bonds is 2. The number of aliphatic hydroxyl groups excluding tert-OH is 1. The number of hydrogen-bond acceptors (Lipinski definition) is 3. The van der Waals surface area contributed by atoms with Crippen LogP contribution in [0.3, 0.4) is 0 Å². The van der Waals surface area contributed by atoms with Gasteiger partial charge in [-0.3, -0.25) is 9.59 Å². The van der Waals surface area contributed by atoms with Gasteiger partial charge in [0.2, 0.25) is 5.91 Å². The molecule has 1 fully saturated rings. The van der Waals surface area contributed by atoms with Crippen LogP contribution in [0.1, 0.15) is 12.0 Å². The summed E-state index contributed by atoms with van der Waals surface area (Å²) < 4.78 is 0.812. The molecule has 5 heteroatoms. The highest BCUT2D eigenvalue weighted by Crippen LogP contribution is 2.27. The van der Waals surface area contributed by atoms with Crippen LogP contribution >= 0.6 is 15.9 Å². The third kappa shape index (κ3) is 2.01. The maximum Gasteiger partial charge on any atom is 0.234 e. The predicted octanol–water partition coefficient (Wildman–Crippen LogP) is 1.25. The van der Waals surface area contributed by atoms with Crippen LogP contribution in [0.5, 0.6) is 0 Å². The van der Waals surface area contributed by atoms with E-state index in [0.717, 1.165) is 4.47 Å². The van der Waals surface area contributed by atoms with Crippen LogP contribution in [0.25, 0.3) is 0 Å². The van der Waals surface area contributed by atoms with Gasteiger partial charge in [0.15, 0.2) is 5.78 Å². The maximum atomic E-state index is 11.6. The number of nitrogens with zero attached hydrogens (tertiary/aromatic N) is 1. The fraction of sp³-hybridized carbons (Fsp3) is 0.273. The molecule has 0 bridgehead atoms. The predicted molar refractivity (Wildman–Crippen MR) is 62.0 cm³/mol. The molecule has 0 aliphatic carbocycles. The largest absolute Gasteiger partial charge is 0.392 e. The number of aliphatic hydroxyl groups is 1. The highest BCUT2D eigenvalue weighted by atomic mass is 79.9. The Hall–Kier alpha value is -1.20. The number of anilines is 1. The molecule has 1 heterocycles. The molecule has 0 radical (unpaired) electrons. The van der Waals surface area contributed by atoms with E-state index < -0.39 is 0 Å². The number of benzene rings is 1. The molecule has 1 aromatic carbocycles. The number of carbonyl (C=O) groups excluding carboxylic acids is 2. The van der Waals surface area contributed by atoms with Crippen molar-refractivity contribution in [3.63, 3.8) is 0 Å². The van der Waals surface area contributed by atoms with E-state index in [-0.39, 0.29) is 31.3 Å². The molecule has 2 rings (SSSR count). The van der Waals surface area contributed by atoms with Gasteiger partial charge in [0.05, 0.1) is 25.3 Å². The highest BCUT2D eigenvalue weighted by Gasteiger charge is 2.29. The Bertz CT molecular complexity index is 459. The Kier molecular flexibility index (Phi) is 3.07. The molecule has 0 aromatic heterocycles. The van der Waals surface area contributed by atoms with E-state index in [0.29, 0.717) is 11.3 Å². The molecule has 0 unspecified atom stereocenters. The van der Waals surface area contributed by atoms with Crippen LogP contribution in [0.4, 0.5) is 5.69 Å². The lowest BCUT2D eigenvalue weighted by molar-refractivity contribution is -0.121. The van der Waals surface area contributed by atoms with Crippen molar-refractivity contribution in [2.75, 3.05) is 11.4 Å². The first kappa shape index (κ1) is 11.3. The fourth-order valence-electron chi connectivity index (χ4n) is 1.73. The topological polar surface area (TPSA) is 57.6 Å². The third-order valence-electron chi connectivity index (χ3n) is 2.49. The molecule has 1 N–H and O–H groups in total. The lowest BCUT2D eigenvalue weighted by atomic mass is 10.1. The van der Waals surface area contributed by atoms with Crippen LogP contribution < -0.4 is 4.90 Å². The molecule has 4 nitrogen and oxygen atoms in total. The lowest BCUT2D eigenvalue weighted by Gasteiger charge is -2.18. The van der Waals surface area contributed by atoms with Gasteiger partial charge >= 0.3 is 0 Å². The summed E-state index contributed by atoms with van der Waals surface area (Å²) >= 11 is 3.30. The molecule has 16 heavy (non-hydrogen) atoms. The molecule has 1 amide bonds. The van der Waals surface area contributed by atoms with E-state index in [1.54, 1.807) is 18.2 Å². The van der Waals surface area contributed by atoms with Crippen molar-refractivity contribution in [3.8, 4) is 0 Å². The number of ketones is 1. The zero-order valence-corrected chi connectivity index (χ0v) is 10.0. The SMILES string of the molecule is O=C1CC(=O)N(c2cc(Br)ccc2CO)C1. The molecular formula is C11H10BrNO3. The number of Topliss-reactive ketones (excluding diaryl/α,β-unsaturated/α-hetero) is 1. The minimum absolute atomic E-state index is 0.0443. The average Bonchev–Trinajstić information content (AvgIpc) is 2.57. The second-order valence-electron chi connectivity index (χ2n) is 3.63. The smallest absolute Gasteiger partial charge is 0.234 e. The van der Waals surface area contributed by atoms with Gasteiger partial charge in [0.25, 0.3) is 0 Å². The number of hydrogen-bond donors (Lipinski definition) is 1. The van der Waals surface area contributed by atoms with Crippen molar-refractivity contribution in [2.45, 2.75) is 13.0 Å². The van der Waals surface area contributed by atoms with E-state index in [9.17, 15) is 14.7 Å². The summed E-state index contributed by atoms with van der Waals surface area (Å²) in [5.41, 5.74) is 1.25. The van der Waals surface area contributed by atoms with Crippen molar-refractivity contribution in [3.05, 3.63) is 28.2 Å². The summed E-state index contributed by atoms with van der Waals surface area (Å²) in [6.07, 6.45) is -0.0443. The van der Waals surface area contributed by atoms with Gasteiger partial charge in [-0.25, -0.2) is 0 Å². The second-order valence-corrected chi connectivity index (χ2v) is 4.54. The van der Waals surface area contributed by atoms with Crippen molar-refractivity contribution in [2.24, 2.45) is 0 Å². The van der Waals surface area contributed by atoms with Crippen LogP contribution in [0.15, 0.2) is 22.7 Å². The van der Waals surface area contributed by atoms with E-state index in [1.807, 2.05) is 0 Å². The molecule has 0 spiro atoms. The number of amides is 1. The fourth-order valence-corrected chi connectivity index (χ4v) is 2.08. The molecule has 0 atom stereocenters. The maximum absolute atomic E-state index is 11.6. The van der Waals surface area contributed by atoms with Gasteiger partial charge in [-0.2, -0.15) is 0 Å². The average molecular weight is 284 g/mol. The summed E-state index contributed by atoms with van der Waals surface area (Å²) in [7, 11) is 0. The van der Waals surface area contributed by atoms with Gasteiger partial charge in [0, 0.05) is 10.0 Å². The van der Waals surface area contributed by atoms with Gasteiger partial charge in [-0.05, 0) is 12.1 Å². The molecule has 0 saturated carbocycles. The molecule has 1 aliphatic heterocycles. The van der Waals surface area contributed by atoms with Gasteiger partial charge in [-0.1, -0.05) is 22.0 Å². The zero-order chi connectivity index (χ0) is 11.7. The Morgan fingerprint density at radius 3 is 2.69 bits per heavy atom. The Morgan fingerprint density at radius 2 is 2.12 bits per heavy atom. The number of halogens is 1. The normalized spacial score (nSPS) is 16.0. The van der Waals surface area contributed by atoms with Crippen LogP contribution in [0.2, 0.25) is 0 Å². The quantitative estimate of drug-likeness (QED) is 0.831. The van der Waals surface area contributed by atoms with Crippen LogP contribution in [0, 0.1) is 0 Å². The lowest BCUT2D eigenvalue weighted by Crippen LogP contribution is -2.25. The molecule has 1 aliphatic rings. The summed E-state index contributed by atoms with van der Waals surface area (Å²) in [6.45, 7) is -0.0527. The van der Waals surface area contributed by atoms with Crippen molar-refractivity contribution >= 4 is 33.3 Å². The Labute approximate surface area is 101 Å². The van der Waals surface area contributed by atoms with Gasteiger partial charge in [-0.15, -0.1) is 0 Å². The first-order chi connectivity index (χ1) is 7.61. The summed E-state index contributed by atoms with van der Waals surface area (Å²) in [5, 5.41) is 9.18. The van der Waals surface area contributed by atoms with E-state index in [4.69, 9.17) is 0 Å². The minimum atomic E-state index is -0.210. The van der Waals surface area contributed by atoms with E-state index in [1.165, 1.54) is 4.90 Å². The molecular weight excluding hydrogens is 274 g/mol. The summed E-state index contributed by atoms with van der Waals surface area (Å²) in [4.78, 5) is 24.2. The summed E-state index contributed by atoms with van der Waals surface area (Å²) in [5.74, 6) is -0.299. The Morgan fingerprint density at radius 1 is 1.38 bits per heavy atom. The van der Waals surface area contributed by atoms with Gasteiger partial charge in [0.1, 0.15) is 0 Å². The molecule has 1 aromatic rings. The van der Waals surface area contributed by atoms with E-state index >= 15 is 0 Å². The Balaban J connectivity index is 2.42. The second kappa shape index (κ2) is 4.35. The zero-order valence-electron chi connectivity index (χ0n) is 8.44. The number of carbonyl (C=O) groups is 2. The van der Waals surface area contributed by atoms with Crippen LogP contribution in [-0.2, 0) is 16.2 Å². The molecule has 1 saturated heterocycles. The van der Waals surface area contributed by atoms with Crippen LogP contribution in [-0.4, -0.2) is 23.3 Å². The van der Waals surface area contributed by atoms with Crippen molar-refractivity contribution in [1.82, 2.24) is 0 Å². The minimum Gasteiger partial charge on any atom is -0.392 e. The third-order valence-corrected chi connectivity index (χ3v) is 2.99. The first-order valence-electron chi connectivity index (χ1n) is 4.83. The first-order valence-corrected chi connectivity index (χ1v) is 5.62. The van der Waals surface area contributed by atoms with E-state index in [2.05, 4.69) is 15.9 Å². The van der Waals surface area contributed by atoms with Crippen molar-refractivity contribution in [1.29, 1.82) is 0 Å². The summed E-state index contributed by atoms with van der Waals surface area (Å²) in [6, 6.07) is 5.26.